The normalized spacial score (nSPS) is 12.8. The number of nitrogens with one attached hydrogen (secondary N) is 1. The number of hydrogen-bond acceptors (Lipinski definition) is 5. The third-order valence-electron chi connectivity index (χ3n) is 2.95. The van der Waals surface area contributed by atoms with Gasteiger partial charge in [0.25, 0.3) is 0 Å². The van der Waals surface area contributed by atoms with Gasteiger partial charge in [0.05, 0.1) is 0 Å². The van der Waals surface area contributed by atoms with Crippen molar-refractivity contribution in [1.82, 2.24) is 5.32 Å². The van der Waals surface area contributed by atoms with Crippen molar-refractivity contribution in [2.24, 2.45) is 0 Å². The van der Waals surface area contributed by atoms with Gasteiger partial charge >= 0.3 is 5.97 Å². The number of esters is 1. The molecule has 124 valence electrons. The summed E-state index contributed by atoms with van der Waals surface area (Å²) in [6, 6.07) is 7.54. The first kappa shape index (κ1) is 18.5. The molecule has 1 aromatic carbocycles. The molecule has 0 saturated heterocycles. The van der Waals surface area contributed by atoms with E-state index in [4.69, 9.17) is 14.6 Å². The predicted octanol–water partition coefficient (Wildman–Crippen LogP) is 1.92. The number of carbonyl (C=O) groups is 1. The molecular weight excluding hydrogens is 282 g/mol. The molecule has 0 aromatic heterocycles. The molecule has 0 aliphatic heterocycles. The topological polar surface area (TPSA) is 67.8 Å². The molecule has 0 spiro atoms. The van der Waals surface area contributed by atoms with E-state index in [-0.39, 0.29) is 24.2 Å². The fraction of sp³-hybridized carbons (Fsp3) is 0.588. The quantitative estimate of drug-likeness (QED) is 0.718. The molecule has 0 heterocycles. The van der Waals surface area contributed by atoms with E-state index in [0.717, 1.165) is 11.3 Å². The Morgan fingerprint density at radius 2 is 1.91 bits per heavy atom. The Kier molecular flexibility index (Phi) is 7.35. The van der Waals surface area contributed by atoms with Crippen LogP contribution in [0.25, 0.3) is 0 Å². The maximum absolute atomic E-state index is 11.2. The highest BCUT2D eigenvalue weighted by Gasteiger charge is 2.17. The van der Waals surface area contributed by atoms with Crippen LogP contribution in [0, 0.1) is 0 Å². The van der Waals surface area contributed by atoms with Crippen LogP contribution in [-0.4, -0.2) is 42.5 Å². The molecule has 5 nitrogen and oxygen atoms in total. The van der Waals surface area contributed by atoms with Crippen molar-refractivity contribution in [2.45, 2.75) is 45.8 Å². The van der Waals surface area contributed by atoms with Crippen LogP contribution in [0.15, 0.2) is 24.3 Å². The highest BCUT2D eigenvalue weighted by atomic mass is 16.6. The van der Waals surface area contributed by atoms with E-state index in [0.29, 0.717) is 19.6 Å². The lowest BCUT2D eigenvalue weighted by molar-refractivity contribution is -0.147. The monoisotopic (exact) mass is 309 g/mol. The van der Waals surface area contributed by atoms with E-state index < -0.39 is 0 Å². The van der Waals surface area contributed by atoms with Crippen LogP contribution in [-0.2, 0) is 16.0 Å². The van der Waals surface area contributed by atoms with Crippen LogP contribution in [0.3, 0.4) is 0 Å². The largest absolute Gasteiger partial charge is 0.490 e. The van der Waals surface area contributed by atoms with Crippen LogP contribution in [0.1, 0.15) is 33.3 Å². The van der Waals surface area contributed by atoms with E-state index in [1.54, 1.807) is 0 Å². The summed E-state index contributed by atoms with van der Waals surface area (Å²) in [6.07, 6.45) is 0.292. The Balaban J connectivity index is 2.52. The molecule has 0 bridgehead atoms. The fourth-order valence-corrected chi connectivity index (χ4v) is 1.86. The molecular formula is C17H27NO4. The Hall–Kier alpha value is -1.59. The maximum Gasteiger partial charge on any atom is 0.303 e. The molecule has 0 aliphatic rings. The lowest BCUT2D eigenvalue weighted by Crippen LogP contribution is -2.44. The van der Waals surface area contributed by atoms with Crippen LogP contribution in [0.4, 0.5) is 0 Å². The second kappa shape index (κ2) is 8.76. The Bertz CT molecular complexity index is 451. The zero-order chi connectivity index (χ0) is 16.6. The summed E-state index contributed by atoms with van der Waals surface area (Å²) >= 11 is 0. The standard InChI is InChI=1S/C17H27NO4/c1-13(20)22-16(11-18-17(2,3)4)12-21-15-7-5-14(6-8-15)9-10-19/h5-8,16,18-19H,9-12H2,1-4H3/t16-/m0/s1. The molecule has 0 saturated carbocycles. The fourth-order valence-electron chi connectivity index (χ4n) is 1.86. The summed E-state index contributed by atoms with van der Waals surface area (Å²) in [7, 11) is 0. The lowest BCUT2D eigenvalue weighted by atomic mass is 10.1. The van der Waals surface area contributed by atoms with Gasteiger partial charge in [-0.15, -0.1) is 0 Å². The van der Waals surface area contributed by atoms with Crippen molar-refractivity contribution in [1.29, 1.82) is 0 Å². The third-order valence-corrected chi connectivity index (χ3v) is 2.95. The molecule has 0 radical (unpaired) electrons. The van der Waals surface area contributed by atoms with Crippen molar-refractivity contribution in [2.75, 3.05) is 19.8 Å². The Morgan fingerprint density at radius 3 is 2.41 bits per heavy atom. The van der Waals surface area contributed by atoms with E-state index in [9.17, 15) is 4.79 Å². The lowest BCUT2D eigenvalue weighted by Gasteiger charge is -2.25. The molecule has 5 heteroatoms. The van der Waals surface area contributed by atoms with E-state index in [1.807, 2.05) is 24.3 Å². The predicted molar refractivity (Wildman–Crippen MR) is 86.0 cm³/mol. The van der Waals surface area contributed by atoms with Crippen LogP contribution < -0.4 is 10.1 Å². The van der Waals surface area contributed by atoms with Crippen molar-refractivity contribution in [3.63, 3.8) is 0 Å². The van der Waals surface area contributed by atoms with Crippen LogP contribution in [0.2, 0.25) is 0 Å². The number of hydrogen-bond donors (Lipinski definition) is 2. The minimum Gasteiger partial charge on any atom is -0.490 e. The van der Waals surface area contributed by atoms with Gasteiger partial charge in [-0.05, 0) is 44.9 Å². The number of carbonyl (C=O) groups excluding carboxylic acids is 1. The van der Waals surface area contributed by atoms with Gasteiger partial charge in [-0.25, -0.2) is 0 Å². The van der Waals surface area contributed by atoms with Crippen LogP contribution in [0.5, 0.6) is 5.75 Å². The van der Waals surface area contributed by atoms with Gasteiger partial charge in [-0.3, -0.25) is 4.79 Å². The first-order valence-electron chi connectivity index (χ1n) is 7.55. The van der Waals surface area contributed by atoms with Crippen molar-refractivity contribution >= 4 is 5.97 Å². The summed E-state index contributed by atoms with van der Waals surface area (Å²) in [6.45, 7) is 8.52. The summed E-state index contributed by atoms with van der Waals surface area (Å²) < 4.78 is 11.0. The summed E-state index contributed by atoms with van der Waals surface area (Å²) in [5.74, 6) is 0.400. The molecule has 0 amide bonds. The summed E-state index contributed by atoms with van der Waals surface area (Å²) in [5.41, 5.74) is 1.01. The van der Waals surface area contributed by atoms with E-state index in [1.165, 1.54) is 6.92 Å². The van der Waals surface area contributed by atoms with Gasteiger partial charge in [-0.2, -0.15) is 0 Å². The van der Waals surface area contributed by atoms with Gasteiger partial charge in [0, 0.05) is 25.6 Å². The highest BCUT2D eigenvalue weighted by Crippen LogP contribution is 2.13. The second-order valence-electron chi connectivity index (χ2n) is 6.29. The molecule has 1 aromatic rings. The minimum absolute atomic E-state index is 0.0512. The van der Waals surface area contributed by atoms with Gasteiger partial charge in [0.2, 0.25) is 0 Å². The van der Waals surface area contributed by atoms with Gasteiger partial charge in [0.1, 0.15) is 18.5 Å². The van der Waals surface area contributed by atoms with Gasteiger partial charge in [0.15, 0.2) is 0 Å². The molecule has 2 N–H and O–H groups in total. The average Bonchev–Trinajstić information content (AvgIpc) is 2.42. The molecule has 0 fully saturated rings. The van der Waals surface area contributed by atoms with E-state index in [2.05, 4.69) is 26.1 Å². The molecule has 0 aliphatic carbocycles. The minimum atomic E-state index is -0.339. The van der Waals surface area contributed by atoms with Gasteiger partial charge < -0.3 is 19.9 Å². The number of benzene rings is 1. The third kappa shape index (κ3) is 8.00. The number of ether oxygens (including phenoxy) is 2. The number of aliphatic hydroxyl groups excluding tert-OH is 1. The first-order valence-corrected chi connectivity index (χ1v) is 7.55. The number of rotatable bonds is 8. The van der Waals surface area contributed by atoms with Crippen molar-refractivity contribution in [3.05, 3.63) is 29.8 Å². The summed E-state index contributed by atoms with van der Waals surface area (Å²) in [5, 5.41) is 12.2. The average molecular weight is 309 g/mol. The van der Waals surface area contributed by atoms with E-state index >= 15 is 0 Å². The molecule has 22 heavy (non-hydrogen) atoms. The highest BCUT2D eigenvalue weighted by molar-refractivity contribution is 5.66. The molecule has 0 unspecified atom stereocenters. The Labute approximate surface area is 132 Å². The zero-order valence-corrected chi connectivity index (χ0v) is 13.9. The number of aliphatic hydroxyl groups is 1. The molecule has 1 rings (SSSR count). The smallest absolute Gasteiger partial charge is 0.303 e. The Morgan fingerprint density at radius 1 is 1.27 bits per heavy atom. The van der Waals surface area contributed by atoms with Gasteiger partial charge in [-0.1, -0.05) is 12.1 Å². The van der Waals surface area contributed by atoms with Crippen molar-refractivity contribution in [3.8, 4) is 5.75 Å². The van der Waals surface area contributed by atoms with Crippen molar-refractivity contribution < 1.29 is 19.4 Å². The first-order chi connectivity index (χ1) is 10.3. The molecule has 1 atom stereocenters. The zero-order valence-electron chi connectivity index (χ0n) is 13.9. The van der Waals surface area contributed by atoms with Crippen LogP contribution >= 0.6 is 0 Å². The second-order valence-corrected chi connectivity index (χ2v) is 6.29. The maximum atomic E-state index is 11.2. The summed E-state index contributed by atoms with van der Waals surface area (Å²) in [4.78, 5) is 11.2. The SMILES string of the molecule is CC(=O)O[C@@H](CNC(C)(C)C)COc1ccc(CCO)cc1.